The third-order valence-electron chi connectivity index (χ3n) is 4.50. The summed E-state index contributed by atoms with van der Waals surface area (Å²) in [4.78, 5) is 59.9. The van der Waals surface area contributed by atoms with Crippen LogP contribution in [0.1, 0.15) is 43.1 Å². The van der Waals surface area contributed by atoms with E-state index < -0.39 is 47.7 Å². The van der Waals surface area contributed by atoms with Crippen LogP contribution >= 0.6 is 23.2 Å². The summed E-state index contributed by atoms with van der Waals surface area (Å²) < 4.78 is 20.7. The van der Waals surface area contributed by atoms with Crippen LogP contribution in [0.5, 0.6) is 11.5 Å². The van der Waals surface area contributed by atoms with Gasteiger partial charge in [0.15, 0.2) is 11.5 Å². The standard InChI is InChI=1S/C23H22Cl2O9/c1-12-8-18(31-11-26)17(24)7-5-4-6-15(29)9-16-21(23(30)32-12)19(33-13(2)27)10-20(22(16)25)34-14(3)28/h4-7,10-12,17-18H,8-9H2,1-3H3/t12-,17?,18-/m1/s1. The molecular weight excluding hydrogens is 491 g/mol. The SMILES string of the molecule is CC(=O)Oc1cc(OC(C)=O)c2c(c1Cl)CC(=O)C=CC=CC(Cl)[C@H](OC=O)C[C@@H](C)OC2=O. The lowest BCUT2D eigenvalue weighted by molar-refractivity contribution is -0.134. The van der Waals surface area contributed by atoms with Gasteiger partial charge >= 0.3 is 17.9 Å². The molecule has 9 nitrogen and oxygen atoms in total. The molecule has 34 heavy (non-hydrogen) atoms. The van der Waals surface area contributed by atoms with E-state index >= 15 is 0 Å². The van der Waals surface area contributed by atoms with E-state index in [4.69, 9.17) is 42.1 Å². The van der Waals surface area contributed by atoms with E-state index in [2.05, 4.69) is 0 Å². The number of hydrogen-bond donors (Lipinski definition) is 0. The first-order valence-corrected chi connectivity index (χ1v) is 10.9. The van der Waals surface area contributed by atoms with E-state index in [-0.39, 0.29) is 40.5 Å². The van der Waals surface area contributed by atoms with Gasteiger partial charge in [-0.2, -0.15) is 0 Å². The first kappa shape index (κ1) is 27.1. The van der Waals surface area contributed by atoms with Crippen molar-refractivity contribution in [1.29, 1.82) is 0 Å². The first-order valence-electron chi connectivity index (χ1n) is 10.1. The Hall–Kier alpha value is -3.17. The summed E-state index contributed by atoms with van der Waals surface area (Å²) >= 11 is 12.7. The highest BCUT2D eigenvalue weighted by atomic mass is 35.5. The van der Waals surface area contributed by atoms with E-state index in [0.717, 1.165) is 19.9 Å². The Balaban J connectivity index is 2.68. The maximum Gasteiger partial charge on any atom is 0.342 e. The van der Waals surface area contributed by atoms with Crippen LogP contribution in [0.15, 0.2) is 30.4 Å². The van der Waals surface area contributed by atoms with Crippen molar-refractivity contribution in [2.75, 3.05) is 0 Å². The normalized spacial score (nSPS) is 21.0. The molecule has 1 unspecified atom stereocenters. The van der Waals surface area contributed by atoms with E-state index in [9.17, 15) is 24.0 Å². The zero-order valence-corrected chi connectivity index (χ0v) is 20.1. The van der Waals surface area contributed by atoms with Gasteiger partial charge in [0.2, 0.25) is 0 Å². The van der Waals surface area contributed by atoms with Gasteiger partial charge in [0, 0.05) is 38.3 Å². The monoisotopic (exact) mass is 512 g/mol. The van der Waals surface area contributed by atoms with Crippen LogP contribution < -0.4 is 9.47 Å². The van der Waals surface area contributed by atoms with Crippen molar-refractivity contribution in [3.05, 3.63) is 46.5 Å². The van der Waals surface area contributed by atoms with E-state index in [0.29, 0.717) is 0 Å². The molecule has 0 spiro atoms. The van der Waals surface area contributed by atoms with Crippen LogP contribution in [0.2, 0.25) is 5.02 Å². The molecule has 3 atom stereocenters. The topological polar surface area (TPSA) is 122 Å². The number of ketones is 1. The molecule has 0 saturated heterocycles. The molecule has 0 aliphatic carbocycles. The highest BCUT2D eigenvalue weighted by molar-refractivity contribution is 6.34. The third-order valence-corrected chi connectivity index (χ3v) is 5.34. The number of hydrogen-bond acceptors (Lipinski definition) is 9. The second-order valence-corrected chi connectivity index (χ2v) is 8.16. The molecule has 0 fully saturated rings. The van der Waals surface area contributed by atoms with Gasteiger partial charge in [-0.05, 0) is 13.0 Å². The highest BCUT2D eigenvalue weighted by Gasteiger charge is 2.30. The zero-order chi connectivity index (χ0) is 25.4. The van der Waals surface area contributed by atoms with Crippen molar-refractivity contribution in [3.63, 3.8) is 0 Å². The van der Waals surface area contributed by atoms with Crippen LogP contribution in [0.4, 0.5) is 0 Å². The number of carbonyl (C=O) groups excluding carboxylic acids is 5. The van der Waals surface area contributed by atoms with Crippen LogP contribution in [-0.2, 0) is 35.1 Å². The number of ether oxygens (including phenoxy) is 4. The van der Waals surface area contributed by atoms with Crippen molar-refractivity contribution >= 4 is 53.4 Å². The van der Waals surface area contributed by atoms with Crippen LogP contribution in [0.3, 0.4) is 0 Å². The van der Waals surface area contributed by atoms with Crippen molar-refractivity contribution in [1.82, 2.24) is 0 Å². The minimum absolute atomic E-state index is 0.0448. The van der Waals surface area contributed by atoms with Crippen LogP contribution in [0.25, 0.3) is 0 Å². The lowest BCUT2D eigenvalue weighted by Crippen LogP contribution is -2.30. The quantitative estimate of drug-likeness (QED) is 0.258. The summed E-state index contributed by atoms with van der Waals surface area (Å²) in [5, 5.41) is -0.961. The number of fused-ring (bicyclic) bond motifs is 1. The van der Waals surface area contributed by atoms with Gasteiger partial charge in [-0.15, -0.1) is 11.6 Å². The molecule has 0 N–H and O–H groups in total. The smallest absolute Gasteiger partial charge is 0.342 e. The molecule has 1 heterocycles. The Labute approximate surface area is 205 Å². The third kappa shape index (κ3) is 7.43. The van der Waals surface area contributed by atoms with Crippen LogP contribution in [-0.4, -0.2) is 47.7 Å². The summed E-state index contributed by atoms with van der Waals surface area (Å²) in [5.41, 5.74) is -0.340. The summed E-state index contributed by atoms with van der Waals surface area (Å²) in [7, 11) is 0. The predicted octanol–water partition coefficient (Wildman–Crippen LogP) is 3.51. The number of rotatable bonds is 4. The highest BCUT2D eigenvalue weighted by Crippen LogP contribution is 2.39. The number of benzene rings is 1. The van der Waals surface area contributed by atoms with E-state index in [1.807, 2.05) is 0 Å². The maximum absolute atomic E-state index is 13.2. The van der Waals surface area contributed by atoms with Gasteiger partial charge in [-0.25, -0.2) is 4.79 Å². The van der Waals surface area contributed by atoms with Gasteiger partial charge in [-0.1, -0.05) is 29.8 Å². The predicted molar refractivity (Wildman–Crippen MR) is 121 cm³/mol. The van der Waals surface area contributed by atoms with Gasteiger partial charge in [-0.3, -0.25) is 19.2 Å². The van der Waals surface area contributed by atoms with E-state index in [1.165, 1.54) is 24.3 Å². The fraction of sp³-hybridized carbons (Fsp3) is 0.348. The Bertz CT molecular complexity index is 1050. The molecule has 0 amide bonds. The van der Waals surface area contributed by atoms with Crippen molar-refractivity contribution in [2.45, 2.75) is 51.2 Å². The Morgan fingerprint density at radius 2 is 1.76 bits per heavy atom. The molecule has 0 saturated carbocycles. The summed E-state index contributed by atoms with van der Waals surface area (Å²) in [6, 6.07) is 1.09. The lowest BCUT2D eigenvalue weighted by atomic mass is 9.99. The average Bonchev–Trinajstić information content (AvgIpc) is 2.72. The summed E-state index contributed by atoms with van der Waals surface area (Å²) in [6.45, 7) is 4.01. The molecule has 1 aromatic rings. The van der Waals surface area contributed by atoms with Crippen LogP contribution in [0, 0.1) is 0 Å². The van der Waals surface area contributed by atoms with E-state index in [1.54, 1.807) is 6.92 Å². The van der Waals surface area contributed by atoms with Crippen molar-refractivity contribution in [2.24, 2.45) is 0 Å². The number of halogens is 2. The first-order chi connectivity index (χ1) is 16.0. The van der Waals surface area contributed by atoms with Gasteiger partial charge in [0.25, 0.3) is 6.47 Å². The number of alkyl halides is 1. The number of esters is 3. The molecule has 0 bridgehead atoms. The molecule has 1 aromatic carbocycles. The molecule has 1 aliphatic rings. The zero-order valence-electron chi connectivity index (χ0n) is 18.5. The fourth-order valence-electron chi connectivity index (χ4n) is 3.16. The molecule has 182 valence electrons. The molecule has 2 rings (SSSR count). The fourth-order valence-corrected chi connectivity index (χ4v) is 3.66. The minimum atomic E-state index is -0.963. The number of allylic oxidation sites excluding steroid dienone is 3. The molecule has 0 aromatic heterocycles. The number of cyclic esters (lactones) is 1. The van der Waals surface area contributed by atoms with Crippen molar-refractivity contribution < 1.29 is 42.9 Å². The van der Waals surface area contributed by atoms with Gasteiger partial charge in [0.1, 0.15) is 23.5 Å². The number of carbonyl (C=O) groups is 5. The molecule has 0 radical (unpaired) electrons. The molecular formula is C23H22Cl2O9. The Kier molecular flexibility index (Phi) is 9.83. The second-order valence-electron chi connectivity index (χ2n) is 7.28. The average molecular weight is 513 g/mol. The van der Waals surface area contributed by atoms with Gasteiger partial charge in [0.05, 0.1) is 10.4 Å². The minimum Gasteiger partial charge on any atom is -0.463 e. The molecule has 11 heteroatoms. The summed E-state index contributed by atoms with van der Waals surface area (Å²) in [5.74, 6) is -3.45. The Morgan fingerprint density at radius 1 is 1.12 bits per heavy atom. The Morgan fingerprint density at radius 3 is 2.38 bits per heavy atom. The van der Waals surface area contributed by atoms with Gasteiger partial charge < -0.3 is 18.9 Å². The van der Waals surface area contributed by atoms with Crippen molar-refractivity contribution in [3.8, 4) is 11.5 Å². The molecule has 1 aliphatic heterocycles. The summed E-state index contributed by atoms with van der Waals surface area (Å²) in [6.07, 6.45) is 3.63. The second kappa shape index (κ2) is 12.3. The lowest BCUT2D eigenvalue weighted by Gasteiger charge is -2.23. The largest absolute Gasteiger partial charge is 0.463 e. The maximum atomic E-state index is 13.2.